The molecule has 2 unspecified atom stereocenters. The first kappa shape index (κ1) is 81.5. The molecule has 0 radical (unpaired) electrons. The van der Waals surface area contributed by atoms with Crippen molar-refractivity contribution >= 4 is 116 Å². The van der Waals surface area contributed by atoms with Gasteiger partial charge in [0.25, 0.3) is 35.4 Å². The summed E-state index contributed by atoms with van der Waals surface area (Å²) in [4.78, 5) is 171. The lowest BCUT2D eigenvalue weighted by molar-refractivity contribution is -0.139. The molecule has 10 heterocycles. The van der Waals surface area contributed by atoms with Crippen LogP contribution in [0.3, 0.4) is 0 Å². The summed E-state index contributed by atoms with van der Waals surface area (Å²) in [6.45, 7) is 17.0. The Morgan fingerprint density at radius 3 is 1.18 bits per heavy atom. The molecule has 18 rings (SSSR count). The number of fused-ring (bicyclic) bond motifs is 4. The van der Waals surface area contributed by atoms with Crippen molar-refractivity contribution in [3.63, 3.8) is 0 Å². The molecule has 6 aromatic rings. The summed E-state index contributed by atoms with van der Waals surface area (Å²) in [5.74, 6) is -3.81. The quantitative estimate of drug-likeness (QED) is 0.0851. The summed E-state index contributed by atoms with van der Waals surface area (Å²) in [5, 5.41) is 31.6. The van der Waals surface area contributed by atoms with E-state index in [1.165, 1.54) is 0 Å². The molecule has 4 atom stereocenters. The highest BCUT2D eigenvalue weighted by molar-refractivity contribution is 6.32. The van der Waals surface area contributed by atoms with E-state index in [1.54, 1.807) is 35.2 Å². The first-order valence-electron chi connectivity index (χ1n) is 41.3. The van der Waals surface area contributed by atoms with Crippen molar-refractivity contribution in [3.05, 3.63) is 186 Å². The molecule has 616 valence electrons. The number of hydrogen-bond acceptors (Lipinski definition) is 21. The van der Waals surface area contributed by atoms with E-state index in [0.29, 0.717) is 134 Å². The normalized spacial score (nSPS) is 22.7. The number of carbonyl (C=O) groups is 12. The minimum atomic E-state index is -0.915. The Balaban J connectivity index is 0.000000149. The fourth-order valence-electron chi connectivity index (χ4n) is 20.0. The highest BCUT2D eigenvalue weighted by Gasteiger charge is 2.50. The van der Waals surface area contributed by atoms with Gasteiger partial charge in [-0.05, 0) is 207 Å². The number of rotatable bonds is 12. The third-order valence-electron chi connectivity index (χ3n) is 26.7. The first-order valence-corrected chi connectivity index (χ1v) is 42.0. The van der Waals surface area contributed by atoms with E-state index in [2.05, 4.69) is 55.8 Å². The number of anilines is 4. The van der Waals surface area contributed by atoms with Crippen LogP contribution in [0.2, 0.25) is 10.0 Å². The first-order chi connectivity index (χ1) is 57.2. The predicted molar refractivity (Wildman–Crippen MR) is 442 cm³/mol. The zero-order valence-corrected chi connectivity index (χ0v) is 68.3. The summed E-state index contributed by atoms with van der Waals surface area (Å²) in [6.07, 6.45) is 7.00. The standard InChI is InChI=1S/C45H46ClN7O6.C29H34ClN5O3.C16H14N2O4/c1-28-22-45(27-52(28)34-7-4-30(23-47)38(46)20-34)10-12-49(13-11-45)33-5-2-29(3-6-33)42(57)50-16-14-48(15-17-50)26-41(56)51-24-31-18-36-37(19-32(31)25-51)44(59)53(43(36)58)39-9-8-35(54)21-40(39)55;1-21-17-29(20-35(21)25-7-4-23(18-31)26(30)16-25)8-10-33(11-9-29)24-5-2-22(3-6-24)28(38)34-14-12-32(13-15-34)19-27(36)37;19-10-1-2-13(14(20)5-10)18-15(21)11-3-8-6-17-7-9(8)4-12(11)16(18)22/h2-7,18-20,28,39H,8-17,21-22,24-27H2,1H3;2-7,16,21H,8-15,17,19-20H2,1H3,(H,36,37);3-4,13,17H,1-2,5-7H2/t28-,39?;21-;/m00./s1. The van der Waals surface area contributed by atoms with Crippen molar-refractivity contribution in [1.82, 2.24) is 39.6 Å². The predicted octanol–water partition coefficient (Wildman–Crippen LogP) is 9.20. The van der Waals surface area contributed by atoms with E-state index in [9.17, 15) is 68.1 Å². The van der Waals surface area contributed by atoms with Gasteiger partial charge in [0, 0.05) is 177 Å². The van der Waals surface area contributed by atoms with Crippen molar-refractivity contribution < 1.29 is 62.6 Å². The molecule has 2 spiro atoms. The third kappa shape index (κ3) is 16.5. The number of ketones is 4. The second-order valence-electron chi connectivity index (χ2n) is 34.1. The maximum Gasteiger partial charge on any atom is 0.317 e. The molecule has 119 heavy (non-hydrogen) atoms. The van der Waals surface area contributed by atoms with Crippen LogP contribution in [0.4, 0.5) is 22.7 Å². The van der Waals surface area contributed by atoms with Gasteiger partial charge in [-0.1, -0.05) is 23.2 Å². The van der Waals surface area contributed by atoms with Crippen LogP contribution in [-0.4, -0.2) is 239 Å². The number of nitriles is 2. The molecule has 0 bridgehead atoms. The SMILES string of the molecule is C[C@H]1CC2(CCN(c3ccc(C(=O)N4CCN(CC(=O)N5Cc6cc7c(cc6C5)C(=O)N(C5CCC(=O)CC5=O)C7=O)CC4)cc3)CC2)CN1c1ccc(C#N)c(Cl)c1.C[C@H]1CC2(CCN(c3ccc(C(=O)N4CCN(CC(=O)O)CC4)cc3)CC2)CN1c1ccc(C#N)c(Cl)c1.O=C1CCC(N2C(=O)c3cc4c(cc3C2=O)CNC4)C(=O)C1. The Morgan fingerprint density at radius 2 is 0.824 bits per heavy atom. The average molecular weight is 1650 g/mol. The number of hydrogen-bond donors (Lipinski definition) is 2. The second kappa shape index (κ2) is 33.5. The third-order valence-corrected chi connectivity index (χ3v) is 27.3. The van der Waals surface area contributed by atoms with Crippen molar-refractivity contribution in [2.75, 3.05) is 124 Å². The molecule has 10 aliphatic heterocycles. The topological polar surface area (TPSA) is 320 Å². The van der Waals surface area contributed by atoms with Crippen LogP contribution in [0.5, 0.6) is 0 Å². The van der Waals surface area contributed by atoms with E-state index >= 15 is 0 Å². The van der Waals surface area contributed by atoms with Gasteiger partial charge >= 0.3 is 5.97 Å². The number of carboxylic acids is 1. The molecule has 29 heteroatoms. The summed E-state index contributed by atoms with van der Waals surface area (Å²) < 4.78 is 0. The molecule has 2 saturated carbocycles. The summed E-state index contributed by atoms with van der Waals surface area (Å²) >= 11 is 12.7. The number of imide groups is 2. The molecule has 2 aliphatic carbocycles. The maximum atomic E-state index is 13.5. The van der Waals surface area contributed by atoms with Gasteiger partial charge in [-0.25, -0.2) is 0 Å². The molecule has 7 amide bonds. The van der Waals surface area contributed by atoms with Gasteiger partial charge in [-0.3, -0.25) is 77.1 Å². The lowest BCUT2D eigenvalue weighted by Gasteiger charge is -2.40. The lowest BCUT2D eigenvalue weighted by Crippen LogP contribution is -2.51. The number of Topliss-reactive ketones (excluding diaryl/α,β-unsaturated/α-hetero) is 4. The highest BCUT2D eigenvalue weighted by Crippen LogP contribution is 2.49. The van der Waals surface area contributed by atoms with Gasteiger partial charge in [-0.2, -0.15) is 10.5 Å². The largest absolute Gasteiger partial charge is 0.480 e. The van der Waals surface area contributed by atoms with E-state index in [4.69, 9.17) is 28.3 Å². The van der Waals surface area contributed by atoms with Gasteiger partial charge < -0.3 is 44.7 Å². The molecular weight excluding hydrogens is 1560 g/mol. The summed E-state index contributed by atoms with van der Waals surface area (Å²) in [7, 11) is 0. The Morgan fingerprint density at radius 1 is 0.462 bits per heavy atom. The van der Waals surface area contributed by atoms with Crippen LogP contribution < -0.4 is 24.9 Å². The summed E-state index contributed by atoms with van der Waals surface area (Å²) in [6, 6.07) is 37.6. The lowest BCUT2D eigenvalue weighted by atomic mass is 9.76. The molecule has 2 N–H and O–H groups in total. The zero-order chi connectivity index (χ0) is 83.5. The number of nitrogens with zero attached hydrogens (tertiary/aromatic N) is 13. The van der Waals surface area contributed by atoms with Gasteiger partial charge in [0.2, 0.25) is 5.91 Å². The summed E-state index contributed by atoms with van der Waals surface area (Å²) in [5.41, 5.74) is 12.1. The van der Waals surface area contributed by atoms with E-state index in [0.717, 1.165) is 133 Å². The Labute approximate surface area is 699 Å². The number of halogens is 2. The van der Waals surface area contributed by atoms with Crippen molar-refractivity contribution in [2.24, 2.45) is 10.8 Å². The maximum absolute atomic E-state index is 13.5. The number of piperazine rings is 2. The van der Waals surface area contributed by atoms with Crippen molar-refractivity contribution in [3.8, 4) is 12.1 Å². The monoisotopic (exact) mass is 1650 g/mol. The van der Waals surface area contributed by atoms with Crippen molar-refractivity contribution in [1.29, 1.82) is 10.5 Å². The van der Waals surface area contributed by atoms with Gasteiger partial charge in [0.1, 0.15) is 23.7 Å². The van der Waals surface area contributed by atoms with Crippen LogP contribution in [0.1, 0.15) is 186 Å². The molecule has 12 aliphatic rings. The average Bonchev–Trinajstić information content (AvgIpc) is 1.60. The molecule has 6 saturated heterocycles. The highest BCUT2D eigenvalue weighted by atomic mass is 35.5. The Hall–Kier alpha value is -11.2. The van der Waals surface area contributed by atoms with Crippen LogP contribution >= 0.6 is 23.2 Å². The minimum Gasteiger partial charge on any atom is -0.480 e. The van der Waals surface area contributed by atoms with Crippen LogP contribution in [0, 0.1) is 33.5 Å². The Bertz CT molecular complexity index is 5170. The number of benzene rings is 6. The fourth-order valence-corrected chi connectivity index (χ4v) is 20.4. The number of amides is 7. The van der Waals surface area contributed by atoms with Gasteiger partial charge in [0.15, 0.2) is 11.6 Å². The fraction of sp³-hybridized carbons (Fsp3) is 0.444. The Kier molecular flexibility index (Phi) is 23.0. The molecule has 0 aromatic heterocycles. The molecule has 8 fully saturated rings. The van der Waals surface area contributed by atoms with E-state index in [1.807, 2.05) is 93.6 Å². The van der Waals surface area contributed by atoms with E-state index < -0.39 is 47.5 Å². The number of aliphatic carboxylic acids is 1. The molecular formula is C90H94Cl2N14O13. The second-order valence-corrected chi connectivity index (χ2v) is 34.9. The van der Waals surface area contributed by atoms with Crippen molar-refractivity contribution in [2.45, 2.75) is 141 Å². The number of carbonyl (C=O) groups excluding carboxylic acids is 11. The molecule has 6 aromatic carbocycles. The van der Waals surface area contributed by atoms with Gasteiger partial charge in [-0.15, -0.1) is 0 Å². The van der Waals surface area contributed by atoms with E-state index in [-0.39, 0.29) is 109 Å². The smallest absolute Gasteiger partial charge is 0.317 e. The van der Waals surface area contributed by atoms with Crippen LogP contribution in [0.15, 0.2) is 109 Å². The zero-order valence-electron chi connectivity index (χ0n) is 66.7. The number of carboxylic acid groups (broad SMARTS) is 1. The molecule has 27 nitrogen and oxygen atoms in total. The van der Waals surface area contributed by atoms with Crippen LogP contribution in [-0.2, 0) is 54.9 Å². The number of nitrogens with one attached hydrogen (secondary N) is 1. The van der Waals surface area contributed by atoms with Crippen LogP contribution in [0.25, 0.3) is 0 Å². The van der Waals surface area contributed by atoms with Gasteiger partial charge in [0.05, 0.1) is 81.4 Å². The minimum absolute atomic E-state index is 0.00654. The number of piperidine rings is 2.